The van der Waals surface area contributed by atoms with Crippen molar-refractivity contribution in [1.82, 2.24) is 20.4 Å². The van der Waals surface area contributed by atoms with Crippen LogP contribution in [0.2, 0.25) is 0 Å². The molecule has 2 N–H and O–H groups in total. The number of amides is 4. The minimum absolute atomic E-state index is 0.0864. The Morgan fingerprint density at radius 3 is 2.35 bits per heavy atom. The third-order valence-corrected chi connectivity index (χ3v) is 4.38. The van der Waals surface area contributed by atoms with E-state index in [2.05, 4.69) is 17.2 Å². The minimum atomic E-state index is -0.506. The van der Waals surface area contributed by atoms with Gasteiger partial charge in [0.2, 0.25) is 11.8 Å². The van der Waals surface area contributed by atoms with Gasteiger partial charge in [-0.2, -0.15) is 0 Å². The first kappa shape index (κ1) is 17.5. The maximum atomic E-state index is 12.3. The van der Waals surface area contributed by atoms with E-state index < -0.39 is 6.03 Å². The summed E-state index contributed by atoms with van der Waals surface area (Å²) >= 11 is 0. The monoisotopic (exact) mass is 322 g/mol. The van der Waals surface area contributed by atoms with Crippen molar-refractivity contribution in [2.45, 2.75) is 25.7 Å². The van der Waals surface area contributed by atoms with E-state index in [4.69, 9.17) is 0 Å². The lowest BCUT2D eigenvalue weighted by Crippen LogP contribution is -2.47. The standard InChI is InChI=1S/C16H26N4O3/c1-2-7-17-16(23)18-14(21)12-19-10-5-13(6-11-19)15(22)20-8-3-4-9-20/h2,13H,1,3-12H2,(H2,17,18,21,23). The van der Waals surface area contributed by atoms with Crippen molar-refractivity contribution in [3.8, 4) is 0 Å². The molecular formula is C16H26N4O3. The number of nitrogens with zero attached hydrogens (tertiary/aromatic N) is 2. The van der Waals surface area contributed by atoms with Crippen LogP contribution in [0.5, 0.6) is 0 Å². The topological polar surface area (TPSA) is 81.8 Å². The number of carbonyl (C=O) groups is 3. The number of piperidine rings is 1. The Balaban J connectivity index is 1.67. The quantitative estimate of drug-likeness (QED) is 0.715. The summed E-state index contributed by atoms with van der Waals surface area (Å²) in [6.45, 7) is 7.21. The van der Waals surface area contributed by atoms with Gasteiger partial charge in [0.25, 0.3) is 0 Å². The van der Waals surface area contributed by atoms with E-state index in [9.17, 15) is 14.4 Å². The van der Waals surface area contributed by atoms with Crippen LogP contribution in [-0.4, -0.2) is 66.9 Å². The number of likely N-dealkylation sites (tertiary alicyclic amines) is 2. The molecule has 0 aromatic rings. The number of hydrogen-bond donors (Lipinski definition) is 2. The van der Waals surface area contributed by atoms with Crippen LogP contribution in [-0.2, 0) is 9.59 Å². The average Bonchev–Trinajstić information content (AvgIpc) is 3.07. The van der Waals surface area contributed by atoms with E-state index in [1.165, 1.54) is 0 Å². The van der Waals surface area contributed by atoms with Crippen molar-refractivity contribution in [3.63, 3.8) is 0 Å². The first-order chi connectivity index (χ1) is 11.1. The van der Waals surface area contributed by atoms with Gasteiger partial charge >= 0.3 is 6.03 Å². The lowest BCUT2D eigenvalue weighted by atomic mass is 9.95. The van der Waals surface area contributed by atoms with Crippen LogP contribution in [0.1, 0.15) is 25.7 Å². The fourth-order valence-electron chi connectivity index (χ4n) is 3.11. The highest BCUT2D eigenvalue weighted by atomic mass is 16.2. The third-order valence-electron chi connectivity index (χ3n) is 4.38. The van der Waals surface area contributed by atoms with Crippen molar-refractivity contribution in [3.05, 3.63) is 12.7 Å². The Labute approximate surface area is 137 Å². The Morgan fingerprint density at radius 2 is 1.74 bits per heavy atom. The van der Waals surface area contributed by atoms with Gasteiger partial charge in [-0.3, -0.25) is 19.8 Å². The van der Waals surface area contributed by atoms with Crippen molar-refractivity contribution in [2.24, 2.45) is 5.92 Å². The second kappa shape index (κ2) is 8.67. The summed E-state index contributed by atoms with van der Waals surface area (Å²) in [6.07, 6.45) is 5.33. The minimum Gasteiger partial charge on any atom is -0.342 e. The van der Waals surface area contributed by atoms with Gasteiger partial charge in [0.05, 0.1) is 6.54 Å². The number of nitrogens with one attached hydrogen (secondary N) is 2. The first-order valence-electron chi connectivity index (χ1n) is 8.30. The zero-order chi connectivity index (χ0) is 16.7. The van der Waals surface area contributed by atoms with Gasteiger partial charge in [0.1, 0.15) is 0 Å². The molecule has 0 bridgehead atoms. The van der Waals surface area contributed by atoms with Crippen LogP contribution in [0.25, 0.3) is 0 Å². The Morgan fingerprint density at radius 1 is 1.09 bits per heavy atom. The molecule has 0 spiro atoms. The van der Waals surface area contributed by atoms with E-state index in [-0.39, 0.29) is 24.3 Å². The molecule has 128 valence electrons. The van der Waals surface area contributed by atoms with Crippen molar-refractivity contribution >= 4 is 17.8 Å². The maximum absolute atomic E-state index is 12.3. The van der Waals surface area contributed by atoms with Gasteiger partial charge in [-0.1, -0.05) is 6.08 Å². The van der Waals surface area contributed by atoms with Crippen LogP contribution in [0.3, 0.4) is 0 Å². The second-order valence-electron chi connectivity index (χ2n) is 6.13. The van der Waals surface area contributed by atoms with E-state index in [1.807, 2.05) is 9.80 Å². The molecule has 0 aromatic heterocycles. The fourth-order valence-corrected chi connectivity index (χ4v) is 3.11. The molecular weight excluding hydrogens is 296 g/mol. The number of rotatable bonds is 5. The average molecular weight is 322 g/mol. The number of imide groups is 1. The van der Waals surface area contributed by atoms with E-state index >= 15 is 0 Å². The molecule has 0 atom stereocenters. The molecule has 7 nitrogen and oxygen atoms in total. The number of hydrogen-bond acceptors (Lipinski definition) is 4. The highest BCUT2D eigenvalue weighted by Gasteiger charge is 2.30. The Bertz CT molecular complexity index is 452. The smallest absolute Gasteiger partial charge is 0.321 e. The Kier molecular flexibility index (Phi) is 6.58. The largest absolute Gasteiger partial charge is 0.342 e. The van der Waals surface area contributed by atoms with Gasteiger partial charge < -0.3 is 10.2 Å². The molecule has 2 heterocycles. The van der Waals surface area contributed by atoms with Gasteiger partial charge in [-0.05, 0) is 38.8 Å². The fraction of sp³-hybridized carbons (Fsp3) is 0.688. The van der Waals surface area contributed by atoms with E-state index in [1.54, 1.807) is 6.08 Å². The van der Waals surface area contributed by atoms with Crippen LogP contribution in [0.4, 0.5) is 4.79 Å². The zero-order valence-electron chi connectivity index (χ0n) is 13.6. The van der Waals surface area contributed by atoms with Gasteiger partial charge in [0, 0.05) is 25.6 Å². The van der Waals surface area contributed by atoms with Crippen LogP contribution in [0, 0.1) is 5.92 Å². The first-order valence-corrected chi connectivity index (χ1v) is 8.30. The molecule has 2 saturated heterocycles. The van der Waals surface area contributed by atoms with E-state index in [0.717, 1.165) is 38.8 Å². The summed E-state index contributed by atoms with van der Waals surface area (Å²) in [5, 5.41) is 4.78. The molecule has 4 amide bonds. The van der Waals surface area contributed by atoms with Gasteiger partial charge in [-0.15, -0.1) is 6.58 Å². The molecule has 2 aliphatic rings. The van der Waals surface area contributed by atoms with Crippen LogP contribution in [0.15, 0.2) is 12.7 Å². The van der Waals surface area contributed by atoms with Crippen molar-refractivity contribution < 1.29 is 14.4 Å². The predicted molar refractivity (Wildman–Crippen MR) is 86.7 cm³/mol. The lowest BCUT2D eigenvalue weighted by Gasteiger charge is -2.32. The highest BCUT2D eigenvalue weighted by Crippen LogP contribution is 2.21. The second-order valence-corrected chi connectivity index (χ2v) is 6.13. The van der Waals surface area contributed by atoms with Crippen molar-refractivity contribution in [2.75, 3.05) is 39.3 Å². The lowest BCUT2D eigenvalue weighted by molar-refractivity contribution is -0.136. The predicted octanol–water partition coefficient (Wildman–Crippen LogP) is 0.333. The zero-order valence-corrected chi connectivity index (χ0v) is 13.6. The SMILES string of the molecule is C=CCNC(=O)NC(=O)CN1CCC(C(=O)N2CCCC2)CC1. The van der Waals surface area contributed by atoms with Gasteiger partial charge in [0.15, 0.2) is 0 Å². The summed E-state index contributed by atoms with van der Waals surface area (Å²) in [6, 6.07) is -0.506. The summed E-state index contributed by atoms with van der Waals surface area (Å²) in [5.74, 6) is 0.0367. The van der Waals surface area contributed by atoms with E-state index in [0.29, 0.717) is 19.6 Å². The molecule has 0 aromatic carbocycles. The summed E-state index contributed by atoms with van der Waals surface area (Å²) in [7, 11) is 0. The highest BCUT2D eigenvalue weighted by molar-refractivity contribution is 5.95. The van der Waals surface area contributed by atoms with Crippen LogP contribution < -0.4 is 10.6 Å². The summed E-state index contributed by atoms with van der Waals surface area (Å²) in [5.41, 5.74) is 0. The normalized spacial score (nSPS) is 19.4. The summed E-state index contributed by atoms with van der Waals surface area (Å²) in [4.78, 5) is 39.5. The Hall–Kier alpha value is -1.89. The molecule has 0 saturated carbocycles. The van der Waals surface area contributed by atoms with Crippen LogP contribution >= 0.6 is 0 Å². The third kappa shape index (κ3) is 5.35. The molecule has 2 aliphatic heterocycles. The summed E-state index contributed by atoms with van der Waals surface area (Å²) < 4.78 is 0. The molecule has 7 heteroatoms. The number of urea groups is 1. The molecule has 2 rings (SSSR count). The molecule has 2 fully saturated rings. The maximum Gasteiger partial charge on any atom is 0.321 e. The molecule has 23 heavy (non-hydrogen) atoms. The number of carbonyl (C=O) groups excluding carboxylic acids is 3. The molecule has 0 unspecified atom stereocenters. The molecule has 0 radical (unpaired) electrons. The molecule has 0 aliphatic carbocycles. The van der Waals surface area contributed by atoms with Crippen molar-refractivity contribution in [1.29, 1.82) is 0 Å². The van der Waals surface area contributed by atoms with Gasteiger partial charge in [-0.25, -0.2) is 4.79 Å².